The third-order valence-corrected chi connectivity index (χ3v) is 4.44. The van der Waals surface area contributed by atoms with Crippen molar-refractivity contribution in [2.75, 3.05) is 17.2 Å². The summed E-state index contributed by atoms with van der Waals surface area (Å²) in [5, 5.41) is 5.33. The van der Waals surface area contributed by atoms with E-state index in [-0.39, 0.29) is 18.7 Å². The normalized spacial score (nSPS) is 10.2. The summed E-state index contributed by atoms with van der Waals surface area (Å²) in [6.45, 7) is 1.56. The van der Waals surface area contributed by atoms with Crippen molar-refractivity contribution >= 4 is 29.2 Å². The van der Waals surface area contributed by atoms with E-state index < -0.39 is 18.5 Å². The van der Waals surface area contributed by atoms with E-state index >= 15 is 0 Å². The molecule has 0 spiro atoms. The summed E-state index contributed by atoms with van der Waals surface area (Å²) in [6.07, 6.45) is -0.181. The summed E-state index contributed by atoms with van der Waals surface area (Å²) in [7, 11) is 0. The molecule has 2 amide bonds. The second-order valence-electron chi connectivity index (χ2n) is 7.01. The lowest BCUT2D eigenvalue weighted by atomic mass is 10.2. The molecule has 0 aliphatic rings. The van der Waals surface area contributed by atoms with E-state index in [1.165, 1.54) is 0 Å². The van der Waals surface area contributed by atoms with Gasteiger partial charge in [0.2, 0.25) is 5.91 Å². The molecule has 0 aliphatic heterocycles. The van der Waals surface area contributed by atoms with Crippen LogP contribution in [0.5, 0.6) is 11.5 Å². The number of amides is 2. The molecule has 0 fully saturated rings. The highest BCUT2D eigenvalue weighted by atomic mass is 16.5. The van der Waals surface area contributed by atoms with Crippen LogP contribution in [0.3, 0.4) is 0 Å². The average molecular weight is 432 g/mol. The van der Waals surface area contributed by atoms with Gasteiger partial charge < -0.3 is 20.1 Å². The number of esters is 1. The molecular weight excluding hydrogens is 408 g/mol. The van der Waals surface area contributed by atoms with Gasteiger partial charge in [-0.05, 0) is 55.0 Å². The smallest absolute Gasteiger partial charge is 0.306 e. The number of benzene rings is 3. The Bertz CT molecular complexity index is 1070. The first kappa shape index (κ1) is 22.6. The monoisotopic (exact) mass is 432 g/mol. The molecule has 3 rings (SSSR count). The molecule has 0 atom stereocenters. The fourth-order valence-corrected chi connectivity index (χ4v) is 2.78. The molecule has 0 saturated heterocycles. The van der Waals surface area contributed by atoms with Crippen LogP contribution in [-0.2, 0) is 19.1 Å². The Hall–Kier alpha value is -4.13. The number of carbonyl (C=O) groups is 3. The zero-order valence-corrected chi connectivity index (χ0v) is 17.7. The first-order valence-corrected chi connectivity index (χ1v) is 10.1. The molecule has 7 nitrogen and oxygen atoms in total. The molecule has 0 radical (unpaired) electrons. The Morgan fingerprint density at radius 1 is 0.719 bits per heavy atom. The third kappa shape index (κ3) is 7.28. The highest BCUT2D eigenvalue weighted by Gasteiger charge is 2.11. The lowest BCUT2D eigenvalue weighted by molar-refractivity contribution is -0.147. The molecule has 32 heavy (non-hydrogen) atoms. The van der Waals surface area contributed by atoms with Gasteiger partial charge in [-0.1, -0.05) is 36.4 Å². The summed E-state index contributed by atoms with van der Waals surface area (Å²) in [5.74, 6) is 0.0190. The quantitative estimate of drug-likeness (QED) is 0.479. The van der Waals surface area contributed by atoms with E-state index in [4.69, 9.17) is 9.47 Å². The van der Waals surface area contributed by atoms with Crippen molar-refractivity contribution in [2.24, 2.45) is 0 Å². The lowest BCUT2D eigenvalue weighted by Crippen LogP contribution is -2.21. The Balaban J connectivity index is 1.37. The Morgan fingerprint density at radius 2 is 1.34 bits per heavy atom. The van der Waals surface area contributed by atoms with E-state index in [1.807, 2.05) is 37.3 Å². The molecule has 0 bridgehead atoms. The van der Waals surface area contributed by atoms with Gasteiger partial charge in [-0.25, -0.2) is 0 Å². The van der Waals surface area contributed by atoms with E-state index in [1.54, 1.807) is 48.5 Å². The van der Waals surface area contributed by atoms with Crippen LogP contribution in [-0.4, -0.2) is 24.4 Å². The topological polar surface area (TPSA) is 93.7 Å². The zero-order valence-electron chi connectivity index (χ0n) is 17.7. The van der Waals surface area contributed by atoms with Crippen molar-refractivity contribution in [1.82, 2.24) is 0 Å². The molecule has 3 aromatic rings. The minimum Gasteiger partial charge on any atom is -0.457 e. The summed E-state index contributed by atoms with van der Waals surface area (Å²) < 4.78 is 10.7. The maximum absolute atomic E-state index is 12.1. The van der Waals surface area contributed by atoms with Gasteiger partial charge in [0.25, 0.3) is 5.91 Å². The van der Waals surface area contributed by atoms with Gasteiger partial charge in [-0.15, -0.1) is 0 Å². The molecule has 0 heterocycles. The van der Waals surface area contributed by atoms with Crippen molar-refractivity contribution < 1.29 is 23.9 Å². The van der Waals surface area contributed by atoms with Crippen molar-refractivity contribution in [3.8, 4) is 11.5 Å². The first-order valence-electron chi connectivity index (χ1n) is 10.1. The number of carbonyl (C=O) groups excluding carboxylic acids is 3. The molecule has 0 unspecified atom stereocenters. The summed E-state index contributed by atoms with van der Waals surface area (Å²) in [4.78, 5) is 35.7. The predicted octanol–water partition coefficient (Wildman–Crippen LogP) is 4.69. The summed E-state index contributed by atoms with van der Waals surface area (Å²) in [5.41, 5.74) is 2.22. The van der Waals surface area contributed by atoms with Crippen LogP contribution in [0.2, 0.25) is 0 Å². The van der Waals surface area contributed by atoms with Gasteiger partial charge >= 0.3 is 5.97 Å². The Kier molecular flexibility index (Phi) is 7.97. The molecule has 0 aliphatic carbocycles. The van der Waals surface area contributed by atoms with E-state index in [9.17, 15) is 14.4 Å². The maximum atomic E-state index is 12.1. The highest BCUT2D eigenvalue weighted by molar-refractivity contribution is 5.94. The largest absolute Gasteiger partial charge is 0.457 e. The van der Waals surface area contributed by atoms with Crippen molar-refractivity contribution in [1.29, 1.82) is 0 Å². The molecule has 7 heteroatoms. The zero-order chi connectivity index (χ0) is 22.8. The van der Waals surface area contributed by atoms with Gasteiger partial charge in [0.15, 0.2) is 6.61 Å². The fraction of sp³-hybridized carbons (Fsp3) is 0.160. The van der Waals surface area contributed by atoms with Crippen molar-refractivity contribution in [3.05, 3.63) is 84.4 Å². The van der Waals surface area contributed by atoms with Gasteiger partial charge in [-0.3, -0.25) is 14.4 Å². The fourth-order valence-electron chi connectivity index (χ4n) is 2.78. The Morgan fingerprint density at radius 3 is 2.06 bits per heavy atom. The van der Waals surface area contributed by atoms with E-state index in [0.29, 0.717) is 17.1 Å². The summed E-state index contributed by atoms with van der Waals surface area (Å²) in [6, 6.07) is 23.5. The Labute approximate surface area is 186 Å². The van der Waals surface area contributed by atoms with Crippen LogP contribution in [0.15, 0.2) is 78.9 Å². The van der Waals surface area contributed by atoms with Gasteiger partial charge in [0.1, 0.15) is 11.5 Å². The molecule has 0 saturated carbocycles. The van der Waals surface area contributed by atoms with Crippen LogP contribution in [0.4, 0.5) is 11.4 Å². The third-order valence-electron chi connectivity index (χ3n) is 4.44. The van der Waals surface area contributed by atoms with Crippen molar-refractivity contribution in [3.63, 3.8) is 0 Å². The van der Waals surface area contributed by atoms with E-state index in [0.717, 1.165) is 11.3 Å². The average Bonchev–Trinajstić information content (AvgIpc) is 2.80. The summed E-state index contributed by atoms with van der Waals surface area (Å²) >= 11 is 0. The highest BCUT2D eigenvalue weighted by Crippen LogP contribution is 2.25. The number of nitrogens with one attached hydrogen (secondary N) is 2. The van der Waals surface area contributed by atoms with Gasteiger partial charge in [0, 0.05) is 17.8 Å². The van der Waals surface area contributed by atoms with Gasteiger partial charge in [-0.2, -0.15) is 0 Å². The molecular formula is C25H24N2O5. The number of aryl methyl sites for hydroxylation is 1. The standard InChI is InChI=1S/C25H24N2O5/c1-18-7-5-6-10-22(18)32-21-13-11-20(12-14-21)26-23(28)15-16-25(30)31-17-24(29)27-19-8-3-2-4-9-19/h2-14H,15-17H2,1H3,(H,26,28)(H,27,29). The number of hydrogen-bond acceptors (Lipinski definition) is 5. The number of anilines is 2. The number of ether oxygens (including phenoxy) is 2. The van der Waals surface area contributed by atoms with Gasteiger partial charge in [0.05, 0.1) is 6.42 Å². The molecule has 3 aromatic carbocycles. The SMILES string of the molecule is Cc1ccccc1Oc1ccc(NC(=O)CCC(=O)OCC(=O)Nc2ccccc2)cc1. The second kappa shape index (κ2) is 11.3. The molecule has 164 valence electrons. The van der Waals surface area contributed by atoms with Crippen LogP contribution < -0.4 is 15.4 Å². The molecule has 0 aromatic heterocycles. The first-order chi connectivity index (χ1) is 15.5. The van der Waals surface area contributed by atoms with Crippen LogP contribution in [0.25, 0.3) is 0 Å². The number of rotatable bonds is 9. The number of para-hydroxylation sites is 2. The maximum Gasteiger partial charge on any atom is 0.306 e. The minimum atomic E-state index is -0.620. The molecule has 2 N–H and O–H groups in total. The van der Waals surface area contributed by atoms with Crippen LogP contribution in [0, 0.1) is 6.92 Å². The lowest BCUT2D eigenvalue weighted by Gasteiger charge is -2.10. The second-order valence-corrected chi connectivity index (χ2v) is 7.01. The van der Waals surface area contributed by atoms with E-state index in [2.05, 4.69) is 10.6 Å². The minimum absolute atomic E-state index is 0.0550. The van der Waals surface area contributed by atoms with Crippen LogP contribution >= 0.6 is 0 Å². The van der Waals surface area contributed by atoms with Crippen LogP contribution in [0.1, 0.15) is 18.4 Å². The predicted molar refractivity (Wildman–Crippen MR) is 122 cm³/mol. The van der Waals surface area contributed by atoms with Crippen molar-refractivity contribution in [2.45, 2.75) is 19.8 Å². The number of hydrogen-bond donors (Lipinski definition) is 2.